The lowest BCUT2D eigenvalue weighted by atomic mass is 10.2. The molecule has 0 spiro atoms. The molecule has 0 aromatic heterocycles. The van der Waals surface area contributed by atoms with Crippen LogP contribution >= 0.6 is 15.9 Å². The Balaban J connectivity index is 1.74. The van der Waals surface area contributed by atoms with Gasteiger partial charge in [-0.15, -0.1) is 0 Å². The van der Waals surface area contributed by atoms with Gasteiger partial charge in [-0.2, -0.15) is 0 Å². The smallest absolute Gasteiger partial charge is 0.338 e. The summed E-state index contributed by atoms with van der Waals surface area (Å²) in [6.07, 6.45) is 5.20. The van der Waals surface area contributed by atoms with Crippen molar-refractivity contribution in [1.82, 2.24) is 10.9 Å². The fourth-order valence-electron chi connectivity index (χ4n) is 2.82. The average molecular weight is 535 g/mol. The van der Waals surface area contributed by atoms with Crippen molar-refractivity contribution in [2.24, 2.45) is 0 Å². The van der Waals surface area contributed by atoms with Gasteiger partial charge in [0.2, 0.25) is 0 Å². The number of hydrazine groups is 1. The maximum atomic E-state index is 12.3. The molecule has 2 rings (SSSR count). The van der Waals surface area contributed by atoms with Crippen molar-refractivity contribution < 1.29 is 28.6 Å². The zero-order valence-corrected chi connectivity index (χ0v) is 21.1. The summed E-state index contributed by atoms with van der Waals surface area (Å²) < 4.78 is 16.8. The van der Waals surface area contributed by atoms with Gasteiger partial charge in [0.25, 0.3) is 11.8 Å². The summed E-state index contributed by atoms with van der Waals surface area (Å²) in [7, 11) is 0. The van der Waals surface area contributed by atoms with E-state index in [2.05, 4.69) is 33.7 Å². The van der Waals surface area contributed by atoms with Crippen LogP contribution in [-0.4, -0.2) is 37.6 Å². The number of unbranched alkanes of at least 4 members (excludes halogenated alkanes) is 3. The lowest BCUT2D eigenvalue weighted by Gasteiger charge is -2.11. The molecule has 0 radical (unpaired) electrons. The van der Waals surface area contributed by atoms with Crippen LogP contribution in [0.1, 0.15) is 66.7 Å². The standard InChI is InChI=1S/C25H31BrN2O6/c1-3-5-6-7-15-32-22-13-10-19(16-21(22)26)24(30)28-27-23(29)17-34-20-11-8-18(9-12-20)25(31)33-14-4-2/h8-13,16H,3-7,14-15,17H2,1-2H3,(H,27,29)(H,28,30). The largest absolute Gasteiger partial charge is 0.492 e. The van der Waals surface area contributed by atoms with Gasteiger partial charge in [0.05, 0.1) is 23.2 Å². The third-order valence-electron chi connectivity index (χ3n) is 4.66. The predicted octanol–water partition coefficient (Wildman–Crippen LogP) is 4.82. The Hall–Kier alpha value is -3.07. The molecular weight excluding hydrogens is 504 g/mol. The monoisotopic (exact) mass is 534 g/mol. The Morgan fingerprint density at radius 3 is 2.24 bits per heavy atom. The molecule has 0 atom stereocenters. The number of halogens is 1. The van der Waals surface area contributed by atoms with Gasteiger partial charge in [-0.05, 0) is 71.2 Å². The molecule has 0 saturated heterocycles. The highest BCUT2D eigenvalue weighted by Crippen LogP contribution is 2.26. The lowest BCUT2D eigenvalue weighted by molar-refractivity contribution is -0.123. The van der Waals surface area contributed by atoms with Gasteiger partial charge < -0.3 is 14.2 Å². The van der Waals surface area contributed by atoms with E-state index in [0.29, 0.717) is 40.3 Å². The molecule has 9 heteroatoms. The van der Waals surface area contributed by atoms with Crippen molar-refractivity contribution in [3.8, 4) is 11.5 Å². The van der Waals surface area contributed by atoms with E-state index in [4.69, 9.17) is 14.2 Å². The first kappa shape index (κ1) is 27.2. The molecule has 0 saturated carbocycles. The SMILES string of the molecule is CCCCCCOc1ccc(C(=O)NNC(=O)COc2ccc(C(=O)OCCC)cc2)cc1Br. The highest BCUT2D eigenvalue weighted by molar-refractivity contribution is 9.10. The van der Waals surface area contributed by atoms with Crippen LogP contribution in [0.15, 0.2) is 46.9 Å². The number of nitrogens with one attached hydrogen (secondary N) is 2. The van der Waals surface area contributed by atoms with Gasteiger partial charge >= 0.3 is 5.97 Å². The van der Waals surface area contributed by atoms with Crippen molar-refractivity contribution >= 4 is 33.7 Å². The van der Waals surface area contributed by atoms with Crippen molar-refractivity contribution in [2.75, 3.05) is 19.8 Å². The van der Waals surface area contributed by atoms with Crippen molar-refractivity contribution in [2.45, 2.75) is 46.0 Å². The summed E-state index contributed by atoms with van der Waals surface area (Å²) in [4.78, 5) is 36.1. The van der Waals surface area contributed by atoms with Gasteiger partial charge in [0.15, 0.2) is 6.61 Å². The molecule has 2 aromatic carbocycles. The molecule has 0 bridgehead atoms. The van der Waals surface area contributed by atoms with E-state index >= 15 is 0 Å². The highest BCUT2D eigenvalue weighted by Gasteiger charge is 2.12. The second kappa shape index (κ2) is 15.0. The van der Waals surface area contributed by atoms with Crippen molar-refractivity contribution in [1.29, 1.82) is 0 Å². The number of hydrogen-bond acceptors (Lipinski definition) is 6. The number of benzene rings is 2. The number of rotatable bonds is 13. The summed E-state index contributed by atoms with van der Waals surface area (Å²) in [6.45, 7) is 4.74. The maximum Gasteiger partial charge on any atom is 0.338 e. The van der Waals surface area contributed by atoms with Gasteiger partial charge in [-0.3, -0.25) is 20.4 Å². The molecule has 8 nitrogen and oxygen atoms in total. The highest BCUT2D eigenvalue weighted by atomic mass is 79.9. The third-order valence-corrected chi connectivity index (χ3v) is 5.28. The minimum atomic E-state index is -0.536. The van der Waals surface area contributed by atoms with E-state index in [0.717, 1.165) is 19.3 Å². The first-order valence-electron chi connectivity index (χ1n) is 11.4. The molecule has 2 aromatic rings. The van der Waals surface area contributed by atoms with Crippen LogP contribution in [0, 0.1) is 0 Å². The number of carbonyl (C=O) groups is 3. The maximum absolute atomic E-state index is 12.3. The molecule has 0 aliphatic carbocycles. The predicted molar refractivity (Wildman–Crippen MR) is 132 cm³/mol. The number of amides is 2. The summed E-state index contributed by atoms with van der Waals surface area (Å²) in [5.41, 5.74) is 5.42. The average Bonchev–Trinajstić information content (AvgIpc) is 2.85. The van der Waals surface area contributed by atoms with Crippen LogP contribution in [0.2, 0.25) is 0 Å². The Labute approximate surface area is 208 Å². The Morgan fingerprint density at radius 1 is 0.824 bits per heavy atom. The van der Waals surface area contributed by atoms with E-state index in [1.165, 1.54) is 12.8 Å². The number of esters is 1. The molecule has 0 unspecified atom stereocenters. The number of carbonyl (C=O) groups excluding carboxylic acids is 3. The molecule has 0 fully saturated rings. The second-order valence-corrected chi connectivity index (χ2v) is 8.36. The van der Waals surface area contributed by atoms with Gasteiger partial charge in [0, 0.05) is 5.56 Å². The second-order valence-electron chi connectivity index (χ2n) is 7.51. The first-order valence-corrected chi connectivity index (χ1v) is 12.1. The molecule has 0 aliphatic rings. The van der Waals surface area contributed by atoms with E-state index in [1.54, 1.807) is 42.5 Å². The molecule has 184 valence electrons. The first-order chi connectivity index (χ1) is 16.4. The summed E-state index contributed by atoms with van der Waals surface area (Å²) >= 11 is 3.41. The van der Waals surface area contributed by atoms with Crippen LogP contribution in [-0.2, 0) is 9.53 Å². The number of ether oxygens (including phenoxy) is 3. The van der Waals surface area contributed by atoms with E-state index < -0.39 is 17.8 Å². The summed E-state index contributed by atoms with van der Waals surface area (Å²) in [5.74, 6) is -0.353. The van der Waals surface area contributed by atoms with Crippen molar-refractivity contribution in [3.05, 3.63) is 58.1 Å². The fourth-order valence-corrected chi connectivity index (χ4v) is 3.31. The van der Waals surface area contributed by atoms with Gasteiger partial charge in [-0.1, -0.05) is 33.1 Å². The minimum Gasteiger partial charge on any atom is -0.492 e. The molecule has 2 N–H and O–H groups in total. The molecule has 0 aliphatic heterocycles. The van der Waals surface area contributed by atoms with E-state index in [1.807, 2.05) is 6.92 Å². The Kier molecular flexibility index (Phi) is 12.0. The van der Waals surface area contributed by atoms with Gasteiger partial charge in [-0.25, -0.2) is 4.79 Å². The molecule has 2 amide bonds. The molecule has 0 heterocycles. The lowest BCUT2D eigenvalue weighted by Crippen LogP contribution is -2.43. The van der Waals surface area contributed by atoms with Crippen LogP contribution in [0.4, 0.5) is 0 Å². The minimum absolute atomic E-state index is 0.311. The van der Waals surface area contributed by atoms with E-state index in [9.17, 15) is 14.4 Å². The van der Waals surface area contributed by atoms with Gasteiger partial charge in [0.1, 0.15) is 11.5 Å². The van der Waals surface area contributed by atoms with Crippen LogP contribution in [0.5, 0.6) is 11.5 Å². The summed E-state index contributed by atoms with van der Waals surface area (Å²) in [5, 5.41) is 0. The quantitative estimate of drug-likeness (QED) is 0.217. The van der Waals surface area contributed by atoms with Crippen LogP contribution in [0.25, 0.3) is 0 Å². The third kappa shape index (κ3) is 9.43. The normalized spacial score (nSPS) is 10.3. The topological polar surface area (TPSA) is 103 Å². The zero-order chi connectivity index (χ0) is 24.8. The zero-order valence-electron chi connectivity index (χ0n) is 19.5. The Bertz CT molecular complexity index is 949. The molecular formula is C25H31BrN2O6. The van der Waals surface area contributed by atoms with Crippen molar-refractivity contribution in [3.63, 3.8) is 0 Å². The Morgan fingerprint density at radius 2 is 1.56 bits per heavy atom. The fraction of sp³-hybridized carbons (Fsp3) is 0.400. The molecule has 34 heavy (non-hydrogen) atoms. The number of hydrogen-bond donors (Lipinski definition) is 2. The summed E-state index contributed by atoms with van der Waals surface area (Å²) in [6, 6.07) is 11.2. The van der Waals surface area contributed by atoms with Crippen LogP contribution < -0.4 is 20.3 Å². The van der Waals surface area contributed by atoms with Crippen LogP contribution in [0.3, 0.4) is 0 Å². The van der Waals surface area contributed by atoms with E-state index in [-0.39, 0.29) is 6.61 Å².